The number of nitrogens with zero attached hydrogens (tertiary/aromatic N) is 4. The van der Waals surface area contributed by atoms with E-state index in [9.17, 15) is 19.5 Å². The Morgan fingerprint density at radius 1 is 0.842 bits per heavy atom. The number of ketones is 1. The molecule has 4 rings (SSSR count). The number of hydrogen-bond acceptors (Lipinski definition) is 10. The quantitative estimate of drug-likeness (QED) is 0.0749. The highest BCUT2D eigenvalue weighted by molar-refractivity contribution is 14.1. The Morgan fingerprint density at radius 2 is 1.35 bits per heavy atom. The van der Waals surface area contributed by atoms with Gasteiger partial charge in [-0.25, -0.2) is 19.6 Å². The largest absolute Gasteiger partial charge is 0.444 e. The number of pyridine rings is 2. The van der Waals surface area contributed by atoms with Crippen molar-refractivity contribution < 1.29 is 38.4 Å². The second-order valence-corrected chi connectivity index (χ2v) is 17.8. The predicted molar refractivity (Wildman–Crippen MR) is 233 cm³/mol. The average Bonchev–Trinajstić information content (AvgIpc) is 3.82. The Morgan fingerprint density at radius 3 is 1.81 bits per heavy atom. The second-order valence-electron chi connectivity index (χ2n) is 15.9. The van der Waals surface area contributed by atoms with Crippen molar-refractivity contribution in [2.24, 2.45) is 0 Å². The fourth-order valence-electron chi connectivity index (χ4n) is 5.58. The van der Waals surface area contributed by atoms with Crippen LogP contribution in [-0.4, -0.2) is 112 Å². The van der Waals surface area contributed by atoms with Gasteiger partial charge in [-0.05, 0) is 139 Å². The lowest BCUT2D eigenvalue weighted by atomic mass is 10.1. The second kappa shape index (κ2) is 26.5. The van der Waals surface area contributed by atoms with Gasteiger partial charge in [0, 0.05) is 51.5 Å². The molecule has 2 aromatic heterocycles. The summed E-state index contributed by atoms with van der Waals surface area (Å²) in [5, 5.41) is 10.4. The Labute approximate surface area is 363 Å². The van der Waals surface area contributed by atoms with E-state index in [0.717, 1.165) is 54.1 Å². The molecule has 0 radical (unpaired) electrons. The minimum Gasteiger partial charge on any atom is -0.444 e. The molecule has 15 heteroatoms. The van der Waals surface area contributed by atoms with Crippen LogP contribution in [-0.2, 0) is 30.2 Å². The number of halogens is 3. The minimum atomic E-state index is -0.481. The van der Waals surface area contributed by atoms with Crippen LogP contribution >= 0.6 is 45.8 Å². The van der Waals surface area contributed by atoms with Crippen molar-refractivity contribution in [3.8, 4) is 0 Å². The van der Waals surface area contributed by atoms with E-state index in [-0.39, 0.29) is 30.2 Å². The van der Waals surface area contributed by atoms with E-state index in [4.69, 9.17) is 42.1 Å². The van der Waals surface area contributed by atoms with Gasteiger partial charge in [-0.15, -0.1) is 6.58 Å². The maximum absolute atomic E-state index is 12.0. The summed E-state index contributed by atoms with van der Waals surface area (Å²) >= 11 is 13.7. The van der Waals surface area contributed by atoms with Gasteiger partial charge in [0.15, 0.2) is 0 Å². The lowest BCUT2D eigenvalue weighted by Gasteiger charge is -2.24. The first-order valence-electron chi connectivity index (χ1n) is 19.7. The highest BCUT2D eigenvalue weighted by Crippen LogP contribution is 2.20. The topological polar surface area (TPSA) is 141 Å². The van der Waals surface area contributed by atoms with Crippen molar-refractivity contribution in [2.75, 3.05) is 39.4 Å². The summed E-state index contributed by atoms with van der Waals surface area (Å²) in [7, 11) is 0. The maximum Gasteiger partial charge on any atom is 0.410 e. The van der Waals surface area contributed by atoms with E-state index in [1.165, 1.54) is 0 Å². The summed E-state index contributed by atoms with van der Waals surface area (Å²) < 4.78 is 23.3. The Balaban J connectivity index is 0.000000338. The minimum absolute atomic E-state index is 0.0518. The monoisotopic (exact) mass is 948 g/mol. The molecule has 1 N–H and O–H groups in total. The molecule has 12 nitrogen and oxygen atoms in total. The number of aromatic nitrogens is 2. The molecule has 1 unspecified atom stereocenters. The molecule has 3 atom stereocenters. The smallest absolute Gasteiger partial charge is 0.410 e. The van der Waals surface area contributed by atoms with E-state index < -0.39 is 17.3 Å². The number of likely N-dealkylation sites (tertiary alicyclic amines) is 2. The van der Waals surface area contributed by atoms with E-state index >= 15 is 0 Å². The lowest BCUT2D eigenvalue weighted by Crippen LogP contribution is -2.36. The molecule has 4 heterocycles. The first-order chi connectivity index (χ1) is 26.9. The third-order valence-electron chi connectivity index (χ3n) is 8.54. The average molecular weight is 950 g/mol. The normalized spacial score (nSPS) is 17.2. The van der Waals surface area contributed by atoms with Crippen LogP contribution in [0.15, 0.2) is 49.3 Å². The maximum atomic E-state index is 12.0. The summed E-state index contributed by atoms with van der Waals surface area (Å²) in [6, 6.07) is 7.50. The van der Waals surface area contributed by atoms with Crippen LogP contribution in [0.4, 0.5) is 9.59 Å². The molecular formula is C42H63Cl2IN4O8. The Hall–Kier alpha value is -2.56. The van der Waals surface area contributed by atoms with Gasteiger partial charge in [0.25, 0.3) is 0 Å². The van der Waals surface area contributed by atoms with E-state index in [2.05, 4.69) is 39.1 Å². The molecule has 0 aliphatic carbocycles. The number of hydrogen-bond donors (Lipinski definition) is 1. The first kappa shape index (κ1) is 50.6. The van der Waals surface area contributed by atoms with Gasteiger partial charge in [0.05, 0.1) is 35.0 Å². The molecule has 57 heavy (non-hydrogen) atoms. The summed E-state index contributed by atoms with van der Waals surface area (Å²) in [6.45, 7) is 18.5. The van der Waals surface area contributed by atoms with Crippen LogP contribution in [0, 0.1) is 3.57 Å². The number of aliphatic hydroxyl groups excluding tert-OH is 1. The molecule has 0 spiro atoms. The predicted octanol–water partition coefficient (Wildman–Crippen LogP) is 9.50. The summed E-state index contributed by atoms with van der Waals surface area (Å²) in [5.74, 6) is 0.233. The summed E-state index contributed by atoms with van der Waals surface area (Å²) in [5.41, 5.74) is -0.0240. The van der Waals surface area contributed by atoms with E-state index in [1.807, 2.05) is 65.8 Å². The standard InChI is InChI=1S/C21H31ClN2O4.C16H29NO4.C5H3ClIN/c1-21(2,3)28-20(26)24-13-11-18(15-24)27-14-5-4-8-17(25)10-9-16-7-6-12-23-19(16)22;1-5-13(18)8-6-7-11-20-14-9-10-17(12-14)15(19)21-16(2,3)4;6-5-4(7)2-1-3-8-5/h6-7,12,18H,4-5,8-11,13-15H2,1-3H3;5,13-14,18H,1,6-12H2,2-4H3;1-3H/t18-;13?,14-;/m11./s1. The van der Waals surface area contributed by atoms with Crippen LogP contribution in [0.5, 0.6) is 0 Å². The van der Waals surface area contributed by atoms with Gasteiger partial charge in [-0.2, -0.15) is 0 Å². The summed E-state index contributed by atoms with van der Waals surface area (Å²) in [6.07, 6.45) is 11.6. The molecule has 2 aliphatic heterocycles. The van der Waals surface area contributed by atoms with Crippen LogP contribution < -0.4 is 0 Å². The van der Waals surface area contributed by atoms with Crippen molar-refractivity contribution >= 4 is 63.8 Å². The fraction of sp³-hybridized carbons (Fsp3) is 0.643. The van der Waals surface area contributed by atoms with Crippen LogP contribution in [0.3, 0.4) is 0 Å². The van der Waals surface area contributed by atoms with E-state index in [0.29, 0.717) is 69.0 Å². The lowest BCUT2D eigenvalue weighted by molar-refractivity contribution is -0.119. The van der Waals surface area contributed by atoms with Crippen molar-refractivity contribution in [3.05, 3.63) is 68.8 Å². The number of aryl methyl sites for hydroxylation is 1. The van der Waals surface area contributed by atoms with Crippen LogP contribution in [0.2, 0.25) is 10.3 Å². The summed E-state index contributed by atoms with van der Waals surface area (Å²) in [4.78, 5) is 47.2. The number of Topliss-reactive ketones (excluding diaryl/α,β-unsaturated/α-hetero) is 1. The first-order valence-corrected chi connectivity index (χ1v) is 21.6. The molecule has 0 aromatic carbocycles. The van der Waals surface area contributed by atoms with E-state index in [1.54, 1.807) is 28.3 Å². The van der Waals surface area contributed by atoms with Crippen molar-refractivity contribution in [1.29, 1.82) is 0 Å². The number of carbonyl (C=O) groups is 3. The van der Waals surface area contributed by atoms with Crippen LogP contribution in [0.25, 0.3) is 0 Å². The number of aliphatic hydroxyl groups is 1. The van der Waals surface area contributed by atoms with Gasteiger partial charge in [0.2, 0.25) is 0 Å². The van der Waals surface area contributed by atoms with Crippen molar-refractivity contribution in [3.63, 3.8) is 0 Å². The number of rotatable bonds is 16. The SMILES string of the molecule is C=CC(O)CCCCO[C@@H]1CCN(C(=O)OC(C)(C)C)C1.CC(C)(C)OC(=O)N1CC[C@@H](OCCCCC(=O)CCc2cccnc2Cl)C1.Clc1ncccc1I. The van der Waals surface area contributed by atoms with Gasteiger partial charge in [-0.3, -0.25) is 4.79 Å². The molecule has 2 fully saturated rings. The molecule has 0 saturated carbocycles. The Kier molecular flexibility index (Phi) is 23.5. The zero-order valence-electron chi connectivity index (χ0n) is 34.5. The molecule has 2 aromatic rings. The number of amides is 2. The highest BCUT2D eigenvalue weighted by Gasteiger charge is 2.31. The number of ether oxygens (including phenoxy) is 4. The van der Waals surface area contributed by atoms with Crippen molar-refractivity contribution in [2.45, 2.75) is 135 Å². The zero-order valence-corrected chi connectivity index (χ0v) is 38.2. The molecule has 2 aliphatic rings. The number of carbonyl (C=O) groups excluding carboxylic acids is 3. The number of unbranched alkanes of at least 4 members (excludes halogenated alkanes) is 2. The molecule has 2 amide bonds. The fourth-order valence-corrected chi connectivity index (χ4v) is 6.26. The van der Waals surface area contributed by atoms with Gasteiger partial charge >= 0.3 is 12.2 Å². The molecule has 320 valence electrons. The molecule has 2 saturated heterocycles. The van der Waals surface area contributed by atoms with Crippen LogP contribution in [0.1, 0.15) is 105 Å². The van der Waals surface area contributed by atoms with Gasteiger partial charge in [0.1, 0.15) is 27.3 Å². The van der Waals surface area contributed by atoms with Crippen molar-refractivity contribution in [1.82, 2.24) is 19.8 Å². The van der Waals surface area contributed by atoms with Gasteiger partial charge < -0.3 is 33.9 Å². The Bertz CT molecular complexity index is 1500. The molecular weight excluding hydrogens is 886 g/mol. The zero-order chi connectivity index (χ0) is 42.4. The van der Waals surface area contributed by atoms with Gasteiger partial charge in [-0.1, -0.05) is 35.3 Å². The highest BCUT2D eigenvalue weighted by atomic mass is 127. The third-order valence-corrected chi connectivity index (χ3v) is 10.4. The molecule has 0 bridgehead atoms. The third kappa shape index (κ3) is 23.0.